The highest BCUT2D eigenvalue weighted by Crippen LogP contribution is 2.40. The van der Waals surface area contributed by atoms with Crippen LogP contribution in [0.5, 0.6) is 11.5 Å². The molecule has 3 aromatic rings. The number of hydrogen-bond donors (Lipinski definition) is 0. The Morgan fingerprint density at radius 1 is 1.07 bits per heavy atom. The lowest BCUT2D eigenvalue weighted by Gasteiger charge is -2.21. The molecule has 1 heterocycles. The lowest BCUT2D eigenvalue weighted by atomic mass is 10.0. The van der Waals surface area contributed by atoms with Crippen molar-refractivity contribution in [2.24, 2.45) is 5.92 Å². The Hall–Kier alpha value is -2.96. The third kappa shape index (κ3) is 8.05. The number of hydrogen-bond acceptors (Lipinski definition) is 6. The van der Waals surface area contributed by atoms with Crippen LogP contribution in [0.4, 0.5) is 26.7 Å². The third-order valence-corrected chi connectivity index (χ3v) is 7.29. The number of carbonyl (C=O) groups is 1. The van der Waals surface area contributed by atoms with Crippen LogP contribution in [-0.4, -0.2) is 18.5 Å². The van der Waals surface area contributed by atoms with Crippen LogP contribution in [0.2, 0.25) is 10.0 Å². The number of ether oxygens (including phenoxy) is 3. The number of nitrogens with zero attached hydrogens (tertiary/aromatic N) is 1. The van der Waals surface area contributed by atoms with Crippen molar-refractivity contribution in [1.29, 1.82) is 0 Å². The molecule has 1 unspecified atom stereocenters. The highest BCUT2D eigenvalue weighted by Gasteiger charge is 2.34. The topological polar surface area (TPSA) is 71.7 Å². The van der Waals surface area contributed by atoms with E-state index in [1.54, 1.807) is 0 Å². The maximum Gasteiger partial charge on any atom is 0.417 e. The molecule has 0 aliphatic heterocycles. The van der Waals surface area contributed by atoms with Crippen LogP contribution in [0.15, 0.2) is 59.8 Å². The minimum absolute atomic E-state index is 0.0384. The molecule has 0 spiro atoms. The summed E-state index contributed by atoms with van der Waals surface area (Å²) in [5.74, 6) is -0.0212. The summed E-state index contributed by atoms with van der Waals surface area (Å²) in [4.78, 5) is 12.5. The summed E-state index contributed by atoms with van der Waals surface area (Å²) in [6.07, 6.45) is -2.24. The molecule has 2 aromatic carbocycles. The SMILES string of the molecule is O=C(OC(Cc1c(Cl)c[n+]([O-])cc1Cl)c1ccc(OC(F)F)c(OCC2CC2)c1)Sc1ccccc1C(F)(F)F. The Kier molecular flexibility index (Phi) is 9.52. The molecule has 1 atom stereocenters. The van der Waals surface area contributed by atoms with E-state index in [1.165, 1.54) is 30.3 Å². The van der Waals surface area contributed by atoms with Crippen LogP contribution in [0.3, 0.4) is 0 Å². The molecular formula is C26H20Cl2F5NO5S. The van der Waals surface area contributed by atoms with Gasteiger partial charge in [0.15, 0.2) is 23.9 Å². The molecule has 1 aliphatic rings. The number of halogens is 7. The molecule has 1 saturated carbocycles. The molecule has 0 saturated heterocycles. The van der Waals surface area contributed by atoms with Crippen molar-refractivity contribution in [1.82, 2.24) is 0 Å². The van der Waals surface area contributed by atoms with Crippen LogP contribution in [0.25, 0.3) is 0 Å². The first-order chi connectivity index (χ1) is 18.9. The molecule has 214 valence electrons. The van der Waals surface area contributed by atoms with E-state index in [4.69, 9.17) is 32.7 Å². The number of pyridine rings is 1. The van der Waals surface area contributed by atoms with E-state index in [2.05, 4.69) is 4.74 Å². The predicted molar refractivity (Wildman–Crippen MR) is 137 cm³/mol. The van der Waals surface area contributed by atoms with Crippen molar-refractivity contribution in [2.75, 3.05) is 6.61 Å². The first-order valence-electron chi connectivity index (χ1n) is 11.7. The fourth-order valence-corrected chi connectivity index (χ4v) is 5.06. The number of rotatable bonds is 10. The Balaban J connectivity index is 1.67. The van der Waals surface area contributed by atoms with E-state index in [1.807, 2.05) is 0 Å². The molecule has 4 rings (SSSR count). The maximum atomic E-state index is 13.4. The van der Waals surface area contributed by atoms with Crippen LogP contribution in [0.1, 0.15) is 35.6 Å². The van der Waals surface area contributed by atoms with Gasteiger partial charge in [0.1, 0.15) is 16.1 Å². The molecule has 1 fully saturated rings. The largest absolute Gasteiger partial charge is 0.619 e. The van der Waals surface area contributed by atoms with Crippen molar-refractivity contribution in [3.05, 3.63) is 86.8 Å². The van der Waals surface area contributed by atoms with Gasteiger partial charge in [-0.1, -0.05) is 41.4 Å². The second-order valence-corrected chi connectivity index (χ2v) is 10.6. The zero-order valence-electron chi connectivity index (χ0n) is 20.3. The van der Waals surface area contributed by atoms with Crippen LogP contribution in [-0.2, 0) is 17.3 Å². The van der Waals surface area contributed by atoms with Gasteiger partial charge >= 0.3 is 18.1 Å². The number of aromatic nitrogens is 1. The predicted octanol–water partition coefficient (Wildman–Crippen LogP) is 8.25. The van der Waals surface area contributed by atoms with E-state index in [0.29, 0.717) is 4.73 Å². The fraction of sp³-hybridized carbons (Fsp3) is 0.308. The molecule has 6 nitrogen and oxygen atoms in total. The zero-order valence-corrected chi connectivity index (χ0v) is 22.6. The smallest absolute Gasteiger partial charge is 0.417 e. The summed E-state index contributed by atoms with van der Waals surface area (Å²) in [7, 11) is 0. The van der Waals surface area contributed by atoms with Gasteiger partial charge in [-0.15, -0.1) is 0 Å². The molecule has 1 aliphatic carbocycles. The van der Waals surface area contributed by atoms with Crippen molar-refractivity contribution in [2.45, 2.75) is 43.0 Å². The van der Waals surface area contributed by atoms with Gasteiger partial charge in [0.2, 0.25) is 0 Å². The lowest BCUT2D eigenvalue weighted by Crippen LogP contribution is -2.25. The highest BCUT2D eigenvalue weighted by atomic mass is 35.5. The van der Waals surface area contributed by atoms with Crippen molar-refractivity contribution in [3.8, 4) is 11.5 Å². The van der Waals surface area contributed by atoms with Gasteiger partial charge in [-0.05, 0) is 60.4 Å². The summed E-state index contributed by atoms with van der Waals surface area (Å²) < 4.78 is 82.5. The first kappa shape index (κ1) is 30.0. The normalized spacial score (nSPS) is 14.2. The van der Waals surface area contributed by atoms with Gasteiger partial charge in [0, 0.05) is 16.9 Å². The van der Waals surface area contributed by atoms with Crippen molar-refractivity contribution >= 4 is 40.3 Å². The van der Waals surface area contributed by atoms with Gasteiger partial charge in [-0.3, -0.25) is 0 Å². The maximum absolute atomic E-state index is 13.4. The number of carbonyl (C=O) groups excluding carboxylic acids is 1. The lowest BCUT2D eigenvalue weighted by molar-refractivity contribution is -0.605. The van der Waals surface area contributed by atoms with Crippen LogP contribution < -0.4 is 14.2 Å². The molecule has 0 N–H and O–H groups in total. The minimum Gasteiger partial charge on any atom is -0.619 e. The fourth-order valence-electron chi connectivity index (χ4n) is 3.68. The number of alkyl halides is 5. The van der Waals surface area contributed by atoms with Gasteiger partial charge in [-0.25, -0.2) is 4.79 Å². The summed E-state index contributed by atoms with van der Waals surface area (Å²) in [5, 5.41) is 10.5. The van der Waals surface area contributed by atoms with E-state index in [9.17, 15) is 32.0 Å². The van der Waals surface area contributed by atoms with Gasteiger partial charge in [0.25, 0.3) is 0 Å². The zero-order chi connectivity index (χ0) is 29.0. The number of benzene rings is 2. The second-order valence-electron chi connectivity index (χ2n) is 8.79. The molecule has 0 radical (unpaired) electrons. The Bertz CT molecular complexity index is 1350. The van der Waals surface area contributed by atoms with E-state index < -0.39 is 29.8 Å². The van der Waals surface area contributed by atoms with Crippen molar-refractivity contribution < 1.29 is 45.7 Å². The van der Waals surface area contributed by atoms with Gasteiger partial charge in [0.05, 0.1) is 12.2 Å². The molecular weight excluding hydrogens is 604 g/mol. The molecule has 0 amide bonds. The molecule has 40 heavy (non-hydrogen) atoms. The third-order valence-electron chi connectivity index (χ3n) is 5.80. The summed E-state index contributed by atoms with van der Waals surface area (Å²) in [6, 6.07) is 8.37. The molecule has 0 bridgehead atoms. The average molecular weight is 624 g/mol. The monoisotopic (exact) mass is 623 g/mol. The molecule has 14 heteroatoms. The van der Waals surface area contributed by atoms with Gasteiger partial charge in [-0.2, -0.15) is 26.7 Å². The number of thioether (sulfide) groups is 1. The van der Waals surface area contributed by atoms with Crippen LogP contribution in [0, 0.1) is 11.1 Å². The Morgan fingerprint density at radius 2 is 1.75 bits per heavy atom. The minimum atomic E-state index is -4.71. The van der Waals surface area contributed by atoms with E-state index in [-0.39, 0.29) is 68.3 Å². The van der Waals surface area contributed by atoms with Crippen molar-refractivity contribution in [3.63, 3.8) is 0 Å². The summed E-state index contributed by atoms with van der Waals surface area (Å²) in [6.45, 7) is -2.88. The van der Waals surface area contributed by atoms with Gasteiger partial charge < -0.3 is 19.4 Å². The first-order valence-corrected chi connectivity index (χ1v) is 13.3. The summed E-state index contributed by atoms with van der Waals surface area (Å²) in [5.41, 5.74) is -0.578. The second kappa shape index (κ2) is 12.7. The average Bonchev–Trinajstić information content (AvgIpc) is 3.69. The summed E-state index contributed by atoms with van der Waals surface area (Å²) >= 11 is 12.6. The Labute approximate surface area is 239 Å². The molecule has 1 aromatic heterocycles. The quantitative estimate of drug-likeness (QED) is 0.0744. The van der Waals surface area contributed by atoms with E-state index >= 15 is 0 Å². The highest BCUT2D eigenvalue weighted by molar-refractivity contribution is 8.13. The van der Waals surface area contributed by atoms with Crippen LogP contribution >= 0.6 is 35.0 Å². The standard InChI is InChI=1S/C26H20Cl2F5NO5S/c27-18-11-34(36)12-19(28)16(18)10-21(39-25(35)40-23-4-2-1-3-17(23)26(31,32)33)15-7-8-20(38-24(29)30)22(9-15)37-13-14-5-6-14/h1-4,7-9,11-12,14,21,24H,5-6,10,13H2. The Morgan fingerprint density at radius 3 is 2.38 bits per heavy atom. The van der Waals surface area contributed by atoms with E-state index in [0.717, 1.165) is 37.4 Å².